The van der Waals surface area contributed by atoms with Gasteiger partial charge in [0, 0.05) is 45.3 Å². The number of amides is 1. The zero-order chi connectivity index (χ0) is 19.1. The van der Waals surface area contributed by atoms with E-state index in [1.165, 1.54) is 6.33 Å². The van der Waals surface area contributed by atoms with Crippen molar-refractivity contribution in [1.82, 2.24) is 30.3 Å². The van der Waals surface area contributed by atoms with E-state index in [1.54, 1.807) is 11.9 Å². The third-order valence-electron chi connectivity index (χ3n) is 4.38. The number of piperazine rings is 1. The predicted octanol–water partition coefficient (Wildman–Crippen LogP) is 1.94. The average molecular weight is 499 g/mol. The smallest absolute Gasteiger partial charge is 0.409 e. The Bertz CT molecular complexity index is 774. The third-order valence-corrected chi connectivity index (χ3v) is 4.38. The summed E-state index contributed by atoms with van der Waals surface area (Å²) in [7, 11) is 1.77. The first-order valence-electron chi connectivity index (χ1n) is 9.03. The van der Waals surface area contributed by atoms with Gasteiger partial charge >= 0.3 is 6.09 Å². The molecular weight excluding hydrogens is 473 g/mol. The molecule has 2 heterocycles. The lowest BCUT2D eigenvalue weighted by molar-refractivity contribution is 0.0914. The molecule has 2 N–H and O–H groups in total. The monoisotopic (exact) mass is 499 g/mol. The van der Waals surface area contributed by atoms with Gasteiger partial charge in [-0.2, -0.15) is 5.10 Å². The Hall–Kier alpha value is -2.37. The summed E-state index contributed by atoms with van der Waals surface area (Å²) in [6.45, 7) is 5.55. The Morgan fingerprint density at radius 1 is 1.29 bits per heavy atom. The van der Waals surface area contributed by atoms with Crippen molar-refractivity contribution in [2.24, 2.45) is 4.99 Å². The van der Waals surface area contributed by atoms with Gasteiger partial charge < -0.3 is 19.9 Å². The molecule has 152 valence electrons. The Morgan fingerprint density at radius 2 is 2.04 bits per heavy atom. The number of guanidine groups is 1. The van der Waals surface area contributed by atoms with Gasteiger partial charge in [-0.25, -0.2) is 9.78 Å². The van der Waals surface area contributed by atoms with Gasteiger partial charge in [0.2, 0.25) is 0 Å². The van der Waals surface area contributed by atoms with Crippen molar-refractivity contribution in [1.29, 1.82) is 0 Å². The first-order chi connectivity index (χ1) is 13.2. The first-order valence-corrected chi connectivity index (χ1v) is 9.03. The number of carbonyl (C=O) groups is 1. The molecule has 1 aliphatic rings. The van der Waals surface area contributed by atoms with Crippen LogP contribution in [0.5, 0.6) is 0 Å². The fourth-order valence-electron chi connectivity index (χ4n) is 3.00. The quantitative estimate of drug-likeness (QED) is 0.379. The molecule has 0 saturated carbocycles. The largest absolute Gasteiger partial charge is 0.450 e. The fraction of sp³-hybridized carbons (Fsp3) is 0.444. The van der Waals surface area contributed by atoms with Gasteiger partial charge in [-0.3, -0.25) is 10.1 Å². The number of rotatable bonds is 4. The summed E-state index contributed by atoms with van der Waals surface area (Å²) in [5.74, 6) is 1.57. The number of carbonyl (C=O) groups excluding carboxylic acids is 1. The van der Waals surface area contributed by atoms with Crippen LogP contribution < -0.4 is 5.32 Å². The zero-order valence-electron chi connectivity index (χ0n) is 16.1. The van der Waals surface area contributed by atoms with Gasteiger partial charge in [-0.1, -0.05) is 18.2 Å². The predicted molar refractivity (Wildman–Crippen MR) is 118 cm³/mol. The van der Waals surface area contributed by atoms with E-state index in [2.05, 4.69) is 42.5 Å². The average Bonchev–Trinajstić information content (AvgIpc) is 3.24. The topological polar surface area (TPSA) is 98.7 Å². The van der Waals surface area contributed by atoms with Crippen molar-refractivity contribution in [2.45, 2.75) is 13.5 Å². The van der Waals surface area contributed by atoms with E-state index < -0.39 is 0 Å². The van der Waals surface area contributed by atoms with Crippen molar-refractivity contribution in [3.8, 4) is 11.4 Å². The van der Waals surface area contributed by atoms with E-state index in [4.69, 9.17) is 4.74 Å². The molecular formula is C18H26IN7O2. The van der Waals surface area contributed by atoms with E-state index >= 15 is 0 Å². The molecule has 1 saturated heterocycles. The highest BCUT2D eigenvalue weighted by Crippen LogP contribution is 2.15. The maximum atomic E-state index is 11.8. The second kappa shape index (κ2) is 10.8. The molecule has 1 amide bonds. The number of hydrogen-bond acceptors (Lipinski definition) is 5. The number of halogens is 1. The minimum Gasteiger partial charge on any atom is -0.450 e. The van der Waals surface area contributed by atoms with Crippen molar-refractivity contribution in [3.63, 3.8) is 0 Å². The highest BCUT2D eigenvalue weighted by molar-refractivity contribution is 14.0. The van der Waals surface area contributed by atoms with E-state index in [1.807, 2.05) is 19.1 Å². The summed E-state index contributed by atoms with van der Waals surface area (Å²) in [4.78, 5) is 24.2. The van der Waals surface area contributed by atoms with E-state index in [0.717, 1.165) is 36.0 Å². The van der Waals surface area contributed by atoms with Crippen LogP contribution in [0.25, 0.3) is 11.4 Å². The van der Waals surface area contributed by atoms with Gasteiger partial charge in [0.25, 0.3) is 0 Å². The number of H-pyrrole nitrogens is 1. The normalized spacial score (nSPS) is 14.4. The third kappa shape index (κ3) is 5.57. The highest BCUT2D eigenvalue weighted by Gasteiger charge is 2.23. The second-order valence-corrected chi connectivity index (χ2v) is 6.11. The molecule has 0 radical (unpaired) electrons. The van der Waals surface area contributed by atoms with Gasteiger partial charge in [-0.05, 0) is 18.6 Å². The summed E-state index contributed by atoms with van der Waals surface area (Å²) in [5.41, 5.74) is 2.11. The van der Waals surface area contributed by atoms with Crippen LogP contribution >= 0.6 is 24.0 Å². The Labute approximate surface area is 181 Å². The van der Waals surface area contributed by atoms with Crippen LogP contribution in [0.4, 0.5) is 4.79 Å². The zero-order valence-corrected chi connectivity index (χ0v) is 18.4. The van der Waals surface area contributed by atoms with E-state index in [9.17, 15) is 4.79 Å². The summed E-state index contributed by atoms with van der Waals surface area (Å²) < 4.78 is 5.06. The molecule has 0 spiro atoms. The van der Waals surface area contributed by atoms with Crippen LogP contribution in [0.15, 0.2) is 35.6 Å². The molecule has 28 heavy (non-hydrogen) atoms. The Balaban J connectivity index is 0.00000280. The number of aromatic amines is 1. The number of nitrogens with zero attached hydrogens (tertiary/aromatic N) is 5. The molecule has 10 heteroatoms. The van der Waals surface area contributed by atoms with Crippen LogP contribution in [0.2, 0.25) is 0 Å². The minimum atomic E-state index is -0.246. The summed E-state index contributed by atoms with van der Waals surface area (Å²) in [5, 5.41) is 10.2. The van der Waals surface area contributed by atoms with Crippen molar-refractivity contribution < 1.29 is 9.53 Å². The maximum absolute atomic E-state index is 11.8. The van der Waals surface area contributed by atoms with Crippen molar-refractivity contribution >= 4 is 36.0 Å². The van der Waals surface area contributed by atoms with Crippen LogP contribution in [-0.2, 0) is 11.3 Å². The molecule has 1 aliphatic heterocycles. The Kier molecular flexibility index (Phi) is 8.48. The summed E-state index contributed by atoms with van der Waals surface area (Å²) in [6, 6.07) is 8.11. The van der Waals surface area contributed by atoms with Gasteiger partial charge in [-0.15, -0.1) is 24.0 Å². The highest BCUT2D eigenvalue weighted by atomic mass is 127. The van der Waals surface area contributed by atoms with Crippen LogP contribution in [-0.4, -0.2) is 76.9 Å². The number of ether oxygens (including phenoxy) is 1. The van der Waals surface area contributed by atoms with Crippen LogP contribution in [0.3, 0.4) is 0 Å². The lowest BCUT2D eigenvalue weighted by Crippen LogP contribution is -2.53. The van der Waals surface area contributed by atoms with E-state index in [0.29, 0.717) is 26.2 Å². The van der Waals surface area contributed by atoms with Crippen molar-refractivity contribution in [3.05, 3.63) is 36.2 Å². The lowest BCUT2D eigenvalue weighted by Gasteiger charge is -2.35. The van der Waals surface area contributed by atoms with Crippen LogP contribution in [0, 0.1) is 0 Å². The molecule has 3 rings (SSSR count). The van der Waals surface area contributed by atoms with E-state index in [-0.39, 0.29) is 30.1 Å². The molecule has 1 aromatic carbocycles. The number of aliphatic imine (C=N–C) groups is 1. The molecule has 0 unspecified atom stereocenters. The lowest BCUT2D eigenvalue weighted by atomic mass is 10.1. The first kappa shape index (κ1) is 21.9. The molecule has 0 aliphatic carbocycles. The molecule has 2 aromatic rings. The number of hydrogen-bond donors (Lipinski definition) is 2. The maximum Gasteiger partial charge on any atom is 0.409 e. The number of nitrogens with one attached hydrogen (secondary N) is 2. The SMILES string of the molecule is CCOC(=O)N1CCN(C(=NC)NCc2cccc(-c3ncn[nH]3)c2)CC1.I. The molecule has 1 fully saturated rings. The summed E-state index contributed by atoms with van der Waals surface area (Å²) >= 11 is 0. The van der Waals surface area contributed by atoms with Crippen LogP contribution in [0.1, 0.15) is 12.5 Å². The molecule has 9 nitrogen and oxygen atoms in total. The molecule has 0 atom stereocenters. The number of aromatic nitrogens is 3. The molecule has 0 bridgehead atoms. The minimum absolute atomic E-state index is 0. The summed E-state index contributed by atoms with van der Waals surface area (Å²) in [6.07, 6.45) is 1.25. The van der Waals surface area contributed by atoms with Gasteiger partial charge in [0.15, 0.2) is 11.8 Å². The molecule has 1 aromatic heterocycles. The Morgan fingerprint density at radius 3 is 2.68 bits per heavy atom. The van der Waals surface area contributed by atoms with Crippen molar-refractivity contribution in [2.75, 3.05) is 39.8 Å². The number of benzene rings is 1. The van der Waals surface area contributed by atoms with Gasteiger partial charge in [0.05, 0.1) is 6.61 Å². The fourth-order valence-corrected chi connectivity index (χ4v) is 3.00. The standard InChI is InChI=1S/C18H25N7O2.HI/c1-3-27-18(26)25-9-7-24(8-10-25)17(19-2)20-12-14-5-4-6-15(11-14)16-21-13-22-23-16;/h4-6,11,13H,3,7-10,12H2,1-2H3,(H,19,20)(H,21,22,23);1H. The van der Waals surface area contributed by atoms with Gasteiger partial charge in [0.1, 0.15) is 6.33 Å². The second-order valence-electron chi connectivity index (χ2n) is 6.11.